The van der Waals surface area contributed by atoms with Crippen LogP contribution >= 0.6 is 11.8 Å². The Bertz CT molecular complexity index is 687. The number of thioether (sulfide) groups is 1. The molecule has 1 aromatic heterocycles. The highest BCUT2D eigenvalue weighted by molar-refractivity contribution is 7.99. The third kappa shape index (κ3) is 3.98. The molecule has 0 radical (unpaired) electrons. The largest absolute Gasteiger partial charge is 0.454 e. The van der Waals surface area contributed by atoms with E-state index in [4.69, 9.17) is 9.47 Å². The zero-order valence-corrected chi connectivity index (χ0v) is 13.8. The van der Waals surface area contributed by atoms with Crippen molar-refractivity contribution in [3.8, 4) is 11.5 Å². The Balaban J connectivity index is 1.61. The van der Waals surface area contributed by atoms with Crippen LogP contribution in [0.1, 0.15) is 18.9 Å². The molecule has 122 valence electrons. The Morgan fingerprint density at radius 1 is 1.39 bits per heavy atom. The van der Waals surface area contributed by atoms with Gasteiger partial charge in [0.1, 0.15) is 0 Å². The Kier molecular flexibility index (Phi) is 5.07. The van der Waals surface area contributed by atoms with Crippen LogP contribution in [0.3, 0.4) is 0 Å². The van der Waals surface area contributed by atoms with Gasteiger partial charge in [-0.15, -0.1) is 0 Å². The summed E-state index contributed by atoms with van der Waals surface area (Å²) in [6.45, 7) is 3.70. The van der Waals surface area contributed by atoms with E-state index >= 15 is 0 Å². The van der Waals surface area contributed by atoms with Crippen molar-refractivity contribution in [1.82, 2.24) is 14.9 Å². The first-order valence-corrected chi connectivity index (χ1v) is 8.54. The van der Waals surface area contributed by atoms with Crippen LogP contribution in [0.25, 0.3) is 0 Å². The van der Waals surface area contributed by atoms with E-state index < -0.39 is 0 Å². The van der Waals surface area contributed by atoms with Crippen LogP contribution in [0.15, 0.2) is 35.7 Å². The zero-order chi connectivity index (χ0) is 16.1. The van der Waals surface area contributed by atoms with E-state index in [1.807, 2.05) is 35.9 Å². The molecule has 0 saturated heterocycles. The first kappa shape index (κ1) is 15.7. The predicted octanol–water partition coefficient (Wildman–Crippen LogP) is 2.28. The normalized spacial score (nSPS) is 12.4. The van der Waals surface area contributed by atoms with Gasteiger partial charge in [0.2, 0.25) is 12.7 Å². The first-order valence-electron chi connectivity index (χ1n) is 7.55. The Hall–Kier alpha value is -2.15. The molecule has 0 bridgehead atoms. The van der Waals surface area contributed by atoms with Crippen molar-refractivity contribution in [3.05, 3.63) is 36.2 Å². The van der Waals surface area contributed by atoms with Gasteiger partial charge in [-0.25, -0.2) is 4.98 Å². The molecule has 2 heterocycles. The van der Waals surface area contributed by atoms with Crippen molar-refractivity contribution >= 4 is 17.7 Å². The van der Waals surface area contributed by atoms with Gasteiger partial charge >= 0.3 is 0 Å². The molecule has 7 heteroatoms. The summed E-state index contributed by atoms with van der Waals surface area (Å²) in [6, 6.07) is 5.90. The SMILES string of the molecule is CCCNC(=O)CSc1nccn1Cc1ccc2c(c1)OCO2. The van der Waals surface area contributed by atoms with Crippen LogP contribution in [0.5, 0.6) is 11.5 Å². The van der Waals surface area contributed by atoms with Crippen molar-refractivity contribution in [1.29, 1.82) is 0 Å². The molecular weight excluding hydrogens is 314 g/mol. The average molecular weight is 333 g/mol. The Morgan fingerprint density at radius 2 is 2.26 bits per heavy atom. The number of carbonyl (C=O) groups is 1. The third-order valence-electron chi connectivity index (χ3n) is 3.37. The number of benzene rings is 1. The number of hydrogen-bond acceptors (Lipinski definition) is 5. The number of aromatic nitrogens is 2. The van der Waals surface area contributed by atoms with Gasteiger partial charge in [-0.3, -0.25) is 4.79 Å². The minimum Gasteiger partial charge on any atom is -0.454 e. The third-order valence-corrected chi connectivity index (χ3v) is 4.38. The molecule has 1 aliphatic rings. The summed E-state index contributed by atoms with van der Waals surface area (Å²) >= 11 is 1.44. The molecule has 23 heavy (non-hydrogen) atoms. The smallest absolute Gasteiger partial charge is 0.231 e. The number of fused-ring (bicyclic) bond motifs is 1. The second-order valence-electron chi connectivity index (χ2n) is 5.16. The molecule has 1 amide bonds. The number of nitrogens with one attached hydrogen (secondary N) is 1. The summed E-state index contributed by atoms with van der Waals surface area (Å²) in [7, 11) is 0. The minimum atomic E-state index is 0.0366. The van der Waals surface area contributed by atoms with Gasteiger partial charge in [-0.2, -0.15) is 0 Å². The van der Waals surface area contributed by atoms with Crippen molar-refractivity contribution in [3.63, 3.8) is 0 Å². The standard InChI is InChI=1S/C16H19N3O3S/c1-2-5-17-15(20)10-23-16-18-6-7-19(16)9-12-3-4-13-14(8-12)22-11-21-13/h3-4,6-8H,2,5,9-11H2,1H3,(H,17,20). The van der Waals surface area contributed by atoms with E-state index in [1.54, 1.807) is 6.20 Å². The fraction of sp³-hybridized carbons (Fsp3) is 0.375. The average Bonchev–Trinajstić information content (AvgIpc) is 3.19. The maximum Gasteiger partial charge on any atom is 0.231 e. The van der Waals surface area contributed by atoms with Gasteiger partial charge in [0, 0.05) is 25.5 Å². The van der Waals surface area contributed by atoms with Crippen LogP contribution < -0.4 is 14.8 Å². The van der Waals surface area contributed by atoms with Crippen molar-refractivity contribution in [2.75, 3.05) is 19.1 Å². The zero-order valence-electron chi connectivity index (χ0n) is 12.9. The maximum atomic E-state index is 11.7. The monoisotopic (exact) mass is 333 g/mol. The number of carbonyl (C=O) groups excluding carboxylic acids is 1. The van der Waals surface area contributed by atoms with E-state index in [-0.39, 0.29) is 12.7 Å². The van der Waals surface area contributed by atoms with Gasteiger partial charge in [-0.1, -0.05) is 24.8 Å². The van der Waals surface area contributed by atoms with Gasteiger partial charge in [0.15, 0.2) is 16.7 Å². The minimum absolute atomic E-state index is 0.0366. The van der Waals surface area contributed by atoms with Crippen LogP contribution in [0.2, 0.25) is 0 Å². The second-order valence-corrected chi connectivity index (χ2v) is 6.11. The number of imidazole rings is 1. The molecule has 3 rings (SSSR count). The van der Waals surface area contributed by atoms with E-state index in [1.165, 1.54) is 11.8 Å². The predicted molar refractivity (Wildman–Crippen MR) is 87.9 cm³/mol. The number of hydrogen-bond donors (Lipinski definition) is 1. The van der Waals surface area contributed by atoms with Gasteiger partial charge in [0.25, 0.3) is 0 Å². The molecule has 0 atom stereocenters. The van der Waals surface area contributed by atoms with Gasteiger partial charge < -0.3 is 19.4 Å². The van der Waals surface area contributed by atoms with Gasteiger partial charge in [0.05, 0.1) is 5.75 Å². The van der Waals surface area contributed by atoms with E-state index in [0.717, 1.165) is 28.6 Å². The lowest BCUT2D eigenvalue weighted by Crippen LogP contribution is -2.25. The summed E-state index contributed by atoms with van der Waals surface area (Å²) in [5.74, 6) is 1.96. The fourth-order valence-electron chi connectivity index (χ4n) is 2.24. The molecule has 6 nitrogen and oxygen atoms in total. The number of rotatable bonds is 7. The van der Waals surface area contributed by atoms with E-state index in [2.05, 4.69) is 10.3 Å². The highest BCUT2D eigenvalue weighted by Gasteiger charge is 2.14. The van der Waals surface area contributed by atoms with Crippen LogP contribution in [0, 0.1) is 0 Å². The summed E-state index contributed by atoms with van der Waals surface area (Å²) in [6.07, 6.45) is 4.60. The summed E-state index contributed by atoms with van der Waals surface area (Å²) in [5.41, 5.74) is 1.10. The summed E-state index contributed by atoms with van der Waals surface area (Å²) < 4.78 is 12.7. The van der Waals surface area contributed by atoms with Crippen molar-refractivity contribution in [2.24, 2.45) is 0 Å². The van der Waals surface area contributed by atoms with E-state index in [0.29, 0.717) is 18.8 Å². The van der Waals surface area contributed by atoms with Crippen LogP contribution in [0.4, 0.5) is 0 Å². The summed E-state index contributed by atoms with van der Waals surface area (Å²) in [5, 5.41) is 3.69. The Labute approximate surface area is 139 Å². The first-order chi connectivity index (χ1) is 11.3. The molecule has 0 fully saturated rings. The number of amides is 1. The van der Waals surface area contributed by atoms with E-state index in [9.17, 15) is 4.79 Å². The maximum absolute atomic E-state index is 11.7. The van der Waals surface area contributed by atoms with Crippen molar-refractivity contribution in [2.45, 2.75) is 25.0 Å². The van der Waals surface area contributed by atoms with Crippen LogP contribution in [-0.4, -0.2) is 34.5 Å². The highest BCUT2D eigenvalue weighted by atomic mass is 32.2. The van der Waals surface area contributed by atoms with Crippen molar-refractivity contribution < 1.29 is 14.3 Å². The quantitative estimate of drug-likeness (QED) is 0.788. The molecular formula is C16H19N3O3S. The molecule has 0 saturated carbocycles. The molecule has 1 aromatic carbocycles. The van der Waals surface area contributed by atoms with Gasteiger partial charge in [-0.05, 0) is 24.1 Å². The topological polar surface area (TPSA) is 65.4 Å². The lowest BCUT2D eigenvalue weighted by Gasteiger charge is -2.08. The molecule has 0 unspecified atom stereocenters. The fourth-order valence-corrected chi connectivity index (χ4v) is 3.03. The molecule has 1 N–H and O–H groups in total. The van der Waals surface area contributed by atoms with Crippen LogP contribution in [-0.2, 0) is 11.3 Å². The lowest BCUT2D eigenvalue weighted by atomic mass is 10.2. The molecule has 0 spiro atoms. The molecule has 1 aliphatic heterocycles. The second kappa shape index (κ2) is 7.41. The molecule has 2 aromatic rings. The molecule has 0 aliphatic carbocycles. The Morgan fingerprint density at radius 3 is 3.13 bits per heavy atom. The highest BCUT2D eigenvalue weighted by Crippen LogP contribution is 2.32. The summed E-state index contributed by atoms with van der Waals surface area (Å²) in [4.78, 5) is 16.0. The number of ether oxygens (including phenoxy) is 2. The number of nitrogens with zero attached hydrogens (tertiary/aromatic N) is 2. The lowest BCUT2D eigenvalue weighted by molar-refractivity contribution is -0.118.